The lowest BCUT2D eigenvalue weighted by Gasteiger charge is -2.12. The Labute approximate surface area is 106 Å². The Balaban J connectivity index is 2.59. The summed E-state index contributed by atoms with van der Waals surface area (Å²) in [5.74, 6) is -1.24. The molecule has 0 aliphatic rings. The van der Waals surface area contributed by atoms with Gasteiger partial charge in [0.25, 0.3) is 0 Å². The molecule has 4 heteroatoms. The molecule has 1 aromatic carbocycles. The van der Waals surface area contributed by atoms with Gasteiger partial charge in [0.2, 0.25) is 0 Å². The first-order valence-corrected chi connectivity index (χ1v) is 6.00. The highest BCUT2D eigenvalue weighted by atomic mass is 35.5. The van der Waals surface area contributed by atoms with Crippen LogP contribution in [0, 0.1) is 0 Å². The molecule has 1 N–H and O–H groups in total. The average molecular weight is 257 g/mol. The maximum atomic E-state index is 11.2. The van der Waals surface area contributed by atoms with Crippen molar-refractivity contribution in [3.63, 3.8) is 0 Å². The Hall–Kier alpha value is -1.06. The number of hydrogen-bond acceptors (Lipinski definition) is 2. The molecular formula is C13H17ClO3. The summed E-state index contributed by atoms with van der Waals surface area (Å²) in [5, 5.41) is 9.81. The highest BCUT2D eigenvalue weighted by Gasteiger charge is 2.18. The van der Waals surface area contributed by atoms with E-state index < -0.39 is 11.9 Å². The molecule has 0 saturated heterocycles. The second-order valence-corrected chi connectivity index (χ2v) is 4.37. The van der Waals surface area contributed by atoms with Gasteiger partial charge >= 0.3 is 5.97 Å². The standard InChI is InChI=1S/C13H17ClO3/c1-17-9-3-2-4-12(13(15)16)10-5-7-11(14)8-6-10/h5-8,12H,2-4,9H2,1H3,(H,15,16). The van der Waals surface area contributed by atoms with Crippen LogP contribution in [0.4, 0.5) is 0 Å². The molecule has 0 radical (unpaired) electrons. The van der Waals surface area contributed by atoms with Gasteiger partial charge in [-0.2, -0.15) is 0 Å². The molecule has 0 spiro atoms. The molecule has 0 saturated carbocycles. The van der Waals surface area contributed by atoms with E-state index >= 15 is 0 Å². The first-order chi connectivity index (χ1) is 8.15. The van der Waals surface area contributed by atoms with Crippen molar-refractivity contribution in [1.82, 2.24) is 0 Å². The molecule has 0 amide bonds. The summed E-state index contributed by atoms with van der Waals surface area (Å²) in [5.41, 5.74) is 0.805. The molecule has 0 aromatic heterocycles. The van der Waals surface area contributed by atoms with Gasteiger partial charge in [0.15, 0.2) is 0 Å². The maximum Gasteiger partial charge on any atom is 0.310 e. The Morgan fingerprint density at radius 2 is 2.00 bits per heavy atom. The molecule has 3 nitrogen and oxygen atoms in total. The third-order valence-electron chi connectivity index (χ3n) is 2.66. The van der Waals surface area contributed by atoms with E-state index in [2.05, 4.69) is 0 Å². The third kappa shape index (κ3) is 4.75. The summed E-state index contributed by atoms with van der Waals surface area (Å²) in [4.78, 5) is 11.2. The van der Waals surface area contributed by atoms with Gasteiger partial charge in [-0.3, -0.25) is 4.79 Å². The summed E-state index contributed by atoms with van der Waals surface area (Å²) >= 11 is 5.78. The fourth-order valence-corrected chi connectivity index (χ4v) is 1.85. The Kier molecular flexibility index (Phi) is 6.01. The number of methoxy groups -OCH3 is 1. The number of carboxylic acids is 1. The number of ether oxygens (including phenoxy) is 1. The van der Waals surface area contributed by atoms with Crippen molar-refractivity contribution in [2.75, 3.05) is 13.7 Å². The van der Waals surface area contributed by atoms with Gasteiger partial charge in [0.1, 0.15) is 0 Å². The van der Waals surface area contributed by atoms with Gasteiger partial charge in [-0.1, -0.05) is 23.7 Å². The van der Waals surface area contributed by atoms with Gasteiger partial charge in [0.05, 0.1) is 5.92 Å². The van der Waals surface area contributed by atoms with Gasteiger partial charge in [0, 0.05) is 18.7 Å². The van der Waals surface area contributed by atoms with E-state index in [0.29, 0.717) is 18.1 Å². The van der Waals surface area contributed by atoms with E-state index in [0.717, 1.165) is 18.4 Å². The van der Waals surface area contributed by atoms with Crippen LogP contribution in [0.15, 0.2) is 24.3 Å². The van der Waals surface area contributed by atoms with Crippen LogP contribution in [0.5, 0.6) is 0 Å². The Bertz CT molecular complexity index is 348. The van der Waals surface area contributed by atoms with Gasteiger partial charge < -0.3 is 9.84 Å². The smallest absolute Gasteiger partial charge is 0.310 e. The minimum absolute atomic E-state index is 0.455. The normalized spacial score (nSPS) is 12.4. The maximum absolute atomic E-state index is 11.2. The summed E-state index contributed by atoms with van der Waals surface area (Å²) < 4.78 is 4.94. The predicted molar refractivity (Wildman–Crippen MR) is 67.6 cm³/mol. The summed E-state index contributed by atoms with van der Waals surface area (Å²) in [6, 6.07) is 7.00. The first-order valence-electron chi connectivity index (χ1n) is 5.62. The van der Waals surface area contributed by atoms with Crippen LogP contribution in [0.3, 0.4) is 0 Å². The van der Waals surface area contributed by atoms with Crippen molar-refractivity contribution in [2.24, 2.45) is 0 Å². The van der Waals surface area contributed by atoms with Crippen LogP contribution in [0.1, 0.15) is 30.7 Å². The first kappa shape index (κ1) is 14.0. The molecule has 1 rings (SSSR count). The van der Waals surface area contributed by atoms with Crippen LogP contribution in [0.2, 0.25) is 5.02 Å². The summed E-state index contributed by atoms with van der Waals surface area (Å²) in [7, 11) is 1.65. The highest BCUT2D eigenvalue weighted by molar-refractivity contribution is 6.30. The zero-order valence-electron chi connectivity index (χ0n) is 9.86. The third-order valence-corrected chi connectivity index (χ3v) is 2.91. The molecule has 1 unspecified atom stereocenters. The molecule has 0 fully saturated rings. The number of aliphatic carboxylic acids is 1. The van der Waals surface area contributed by atoms with E-state index in [1.54, 1.807) is 31.4 Å². The molecule has 0 bridgehead atoms. The van der Waals surface area contributed by atoms with Crippen molar-refractivity contribution in [2.45, 2.75) is 25.2 Å². The predicted octanol–water partition coefficient (Wildman–Crippen LogP) is 3.32. The van der Waals surface area contributed by atoms with E-state index in [4.69, 9.17) is 16.3 Å². The SMILES string of the molecule is COCCCCC(C(=O)O)c1ccc(Cl)cc1. The number of benzene rings is 1. The summed E-state index contributed by atoms with van der Waals surface area (Å²) in [6.07, 6.45) is 2.35. The highest BCUT2D eigenvalue weighted by Crippen LogP contribution is 2.24. The summed E-state index contributed by atoms with van der Waals surface area (Å²) in [6.45, 7) is 0.674. The van der Waals surface area contributed by atoms with Crippen molar-refractivity contribution < 1.29 is 14.6 Å². The lowest BCUT2D eigenvalue weighted by molar-refractivity contribution is -0.139. The monoisotopic (exact) mass is 256 g/mol. The quantitative estimate of drug-likeness (QED) is 0.761. The molecule has 17 heavy (non-hydrogen) atoms. The molecular weight excluding hydrogens is 240 g/mol. The van der Waals surface area contributed by atoms with Gasteiger partial charge in [-0.15, -0.1) is 0 Å². The Morgan fingerprint density at radius 1 is 1.35 bits per heavy atom. The van der Waals surface area contributed by atoms with Crippen LogP contribution >= 0.6 is 11.6 Å². The van der Waals surface area contributed by atoms with Crippen LogP contribution in [-0.2, 0) is 9.53 Å². The molecule has 0 aliphatic heterocycles. The van der Waals surface area contributed by atoms with Crippen molar-refractivity contribution in [3.05, 3.63) is 34.9 Å². The number of unbranched alkanes of at least 4 members (excludes halogenated alkanes) is 1. The number of halogens is 1. The van der Waals surface area contributed by atoms with Crippen LogP contribution in [-0.4, -0.2) is 24.8 Å². The largest absolute Gasteiger partial charge is 0.481 e. The number of carbonyl (C=O) groups is 1. The molecule has 1 atom stereocenters. The minimum atomic E-state index is -0.787. The van der Waals surface area contributed by atoms with Crippen molar-refractivity contribution >= 4 is 17.6 Å². The second-order valence-electron chi connectivity index (χ2n) is 3.93. The molecule has 0 aliphatic carbocycles. The zero-order chi connectivity index (χ0) is 12.7. The van der Waals surface area contributed by atoms with E-state index in [1.165, 1.54) is 0 Å². The lowest BCUT2D eigenvalue weighted by atomic mass is 9.94. The number of rotatable bonds is 7. The fourth-order valence-electron chi connectivity index (χ4n) is 1.72. The van der Waals surface area contributed by atoms with Gasteiger partial charge in [-0.25, -0.2) is 0 Å². The molecule has 1 aromatic rings. The van der Waals surface area contributed by atoms with Crippen molar-refractivity contribution in [1.29, 1.82) is 0 Å². The fraction of sp³-hybridized carbons (Fsp3) is 0.462. The average Bonchev–Trinajstić information content (AvgIpc) is 2.30. The van der Waals surface area contributed by atoms with Gasteiger partial charge in [-0.05, 0) is 37.0 Å². The van der Waals surface area contributed by atoms with Crippen LogP contribution < -0.4 is 0 Å². The Morgan fingerprint density at radius 3 is 2.53 bits per heavy atom. The number of hydrogen-bond donors (Lipinski definition) is 1. The molecule has 0 heterocycles. The van der Waals surface area contributed by atoms with E-state index in [9.17, 15) is 9.90 Å². The van der Waals surface area contributed by atoms with Crippen molar-refractivity contribution in [3.8, 4) is 0 Å². The topological polar surface area (TPSA) is 46.5 Å². The van der Waals surface area contributed by atoms with Crippen LogP contribution in [0.25, 0.3) is 0 Å². The van der Waals surface area contributed by atoms with E-state index in [-0.39, 0.29) is 0 Å². The lowest BCUT2D eigenvalue weighted by Crippen LogP contribution is -2.11. The minimum Gasteiger partial charge on any atom is -0.481 e. The van der Waals surface area contributed by atoms with E-state index in [1.807, 2.05) is 0 Å². The number of carboxylic acid groups (broad SMARTS) is 1. The molecule has 94 valence electrons. The zero-order valence-corrected chi connectivity index (χ0v) is 10.6. The second kappa shape index (κ2) is 7.30.